The summed E-state index contributed by atoms with van der Waals surface area (Å²) in [6.45, 7) is 6.14. The van der Waals surface area contributed by atoms with Crippen molar-refractivity contribution in [3.8, 4) is 0 Å². The van der Waals surface area contributed by atoms with E-state index in [9.17, 15) is 4.79 Å². The highest BCUT2D eigenvalue weighted by Crippen LogP contribution is 1.95. The van der Waals surface area contributed by atoms with Crippen molar-refractivity contribution >= 4 is 17.7 Å². The summed E-state index contributed by atoms with van der Waals surface area (Å²) in [6.07, 6.45) is 0.477. The summed E-state index contributed by atoms with van der Waals surface area (Å²) < 4.78 is 4.79. The maximum atomic E-state index is 10.9. The van der Waals surface area contributed by atoms with E-state index in [-0.39, 0.29) is 5.97 Å². The summed E-state index contributed by atoms with van der Waals surface area (Å²) in [5.74, 6) is 2.15. The normalized spacial score (nSPS) is 10.0. The first-order valence-corrected chi connectivity index (χ1v) is 5.90. The molecule has 0 heterocycles. The van der Waals surface area contributed by atoms with E-state index in [4.69, 9.17) is 4.74 Å². The van der Waals surface area contributed by atoms with E-state index in [0.717, 1.165) is 24.6 Å². The van der Waals surface area contributed by atoms with Gasteiger partial charge < -0.3 is 10.1 Å². The largest absolute Gasteiger partial charge is 0.466 e. The standard InChI is InChI=1S/C9H19NO2S/c1-3-12-9(11)5-6-10-7-8-13-4-2/h10H,3-8H2,1-2H3. The Labute approximate surface area is 84.6 Å². The molecule has 0 aliphatic heterocycles. The molecule has 0 fully saturated rings. The first kappa shape index (κ1) is 12.8. The zero-order valence-corrected chi connectivity index (χ0v) is 9.28. The molecule has 78 valence electrons. The van der Waals surface area contributed by atoms with Crippen LogP contribution in [0.15, 0.2) is 0 Å². The summed E-state index contributed by atoms with van der Waals surface area (Å²) in [5, 5.41) is 3.19. The van der Waals surface area contributed by atoms with Crippen LogP contribution in [-0.4, -0.2) is 37.2 Å². The molecule has 0 radical (unpaired) electrons. The summed E-state index contributed by atoms with van der Waals surface area (Å²) >= 11 is 1.90. The van der Waals surface area contributed by atoms with E-state index in [0.29, 0.717) is 13.0 Å². The van der Waals surface area contributed by atoms with E-state index in [1.807, 2.05) is 18.7 Å². The van der Waals surface area contributed by atoms with Crippen LogP contribution in [-0.2, 0) is 9.53 Å². The highest BCUT2D eigenvalue weighted by molar-refractivity contribution is 7.99. The SMILES string of the molecule is CCOC(=O)CCNCCSCC. The van der Waals surface area contributed by atoms with Gasteiger partial charge in [-0.15, -0.1) is 0 Å². The average molecular weight is 205 g/mol. The first-order chi connectivity index (χ1) is 6.31. The molecule has 0 saturated heterocycles. The molecule has 0 aliphatic carbocycles. The van der Waals surface area contributed by atoms with Gasteiger partial charge in [-0.1, -0.05) is 6.92 Å². The van der Waals surface area contributed by atoms with E-state index in [1.54, 1.807) is 0 Å². The van der Waals surface area contributed by atoms with Crippen molar-refractivity contribution in [1.29, 1.82) is 0 Å². The van der Waals surface area contributed by atoms with E-state index >= 15 is 0 Å². The Balaban J connectivity index is 3.02. The van der Waals surface area contributed by atoms with Crippen LogP contribution in [0.4, 0.5) is 0 Å². The zero-order valence-electron chi connectivity index (χ0n) is 8.47. The van der Waals surface area contributed by atoms with Crippen molar-refractivity contribution in [1.82, 2.24) is 5.32 Å². The second kappa shape index (κ2) is 9.86. The van der Waals surface area contributed by atoms with Crippen LogP contribution in [0.3, 0.4) is 0 Å². The fraction of sp³-hybridized carbons (Fsp3) is 0.889. The highest BCUT2D eigenvalue weighted by Gasteiger charge is 1.99. The fourth-order valence-corrected chi connectivity index (χ4v) is 1.41. The molecule has 0 aromatic heterocycles. The van der Waals surface area contributed by atoms with Crippen molar-refractivity contribution in [2.24, 2.45) is 0 Å². The van der Waals surface area contributed by atoms with Gasteiger partial charge in [-0.05, 0) is 12.7 Å². The summed E-state index contributed by atoms with van der Waals surface area (Å²) in [7, 11) is 0. The van der Waals surface area contributed by atoms with Gasteiger partial charge in [-0.2, -0.15) is 11.8 Å². The van der Waals surface area contributed by atoms with Gasteiger partial charge in [0.2, 0.25) is 0 Å². The number of carbonyl (C=O) groups is 1. The number of nitrogens with one attached hydrogen (secondary N) is 1. The van der Waals surface area contributed by atoms with Crippen molar-refractivity contribution in [2.45, 2.75) is 20.3 Å². The molecular weight excluding hydrogens is 186 g/mol. The molecule has 0 saturated carbocycles. The smallest absolute Gasteiger partial charge is 0.307 e. The van der Waals surface area contributed by atoms with Gasteiger partial charge in [0.15, 0.2) is 0 Å². The quantitative estimate of drug-likeness (QED) is 0.478. The topological polar surface area (TPSA) is 38.3 Å². The van der Waals surface area contributed by atoms with Gasteiger partial charge in [0, 0.05) is 18.8 Å². The first-order valence-electron chi connectivity index (χ1n) is 4.75. The van der Waals surface area contributed by atoms with Crippen LogP contribution in [0, 0.1) is 0 Å². The van der Waals surface area contributed by atoms with E-state index in [1.165, 1.54) is 0 Å². The van der Waals surface area contributed by atoms with Crippen LogP contribution < -0.4 is 5.32 Å². The third kappa shape index (κ3) is 9.70. The molecule has 0 unspecified atom stereocenters. The molecule has 0 aromatic rings. The Kier molecular flexibility index (Phi) is 9.70. The predicted molar refractivity (Wildman–Crippen MR) is 57.1 cm³/mol. The van der Waals surface area contributed by atoms with Gasteiger partial charge >= 0.3 is 5.97 Å². The molecule has 0 aliphatic rings. The lowest BCUT2D eigenvalue weighted by atomic mass is 10.4. The monoisotopic (exact) mass is 205 g/mol. The Hall–Kier alpha value is -0.220. The molecule has 0 bridgehead atoms. The second-order valence-electron chi connectivity index (χ2n) is 2.50. The second-order valence-corrected chi connectivity index (χ2v) is 3.90. The zero-order chi connectivity index (χ0) is 9.94. The van der Waals surface area contributed by atoms with Crippen molar-refractivity contribution in [2.75, 3.05) is 31.2 Å². The third-order valence-electron chi connectivity index (χ3n) is 1.44. The molecule has 13 heavy (non-hydrogen) atoms. The Bertz CT molecular complexity index is 131. The lowest BCUT2D eigenvalue weighted by Gasteiger charge is -2.03. The fourth-order valence-electron chi connectivity index (χ4n) is 0.837. The molecule has 0 aromatic carbocycles. The average Bonchev–Trinajstić information content (AvgIpc) is 2.11. The number of esters is 1. The molecule has 0 rings (SSSR count). The number of hydrogen-bond donors (Lipinski definition) is 1. The number of hydrogen-bond acceptors (Lipinski definition) is 4. The van der Waals surface area contributed by atoms with Crippen LogP contribution >= 0.6 is 11.8 Å². The van der Waals surface area contributed by atoms with Crippen molar-refractivity contribution in [3.05, 3.63) is 0 Å². The summed E-state index contributed by atoms with van der Waals surface area (Å²) in [4.78, 5) is 10.9. The van der Waals surface area contributed by atoms with Crippen LogP contribution in [0.1, 0.15) is 20.3 Å². The summed E-state index contributed by atoms with van der Waals surface area (Å²) in [6, 6.07) is 0. The number of thioether (sulfide) groups is 1. The summed E-state index contributed by atoms with van der Waals surface area (Å²) in [5.41, 5.74) is 0. The van der Waals surface area contributed by atoms with Gasteiger partial charge in [0.05, 0.1) is 13.0 Å². The molecule has 0 atom stereocenters. The van der Waals surface area contributed by atoms with Crippen LogP contribution in [0.2, 0.25) is 0 Å². The number of ether oxygens (including phenoxy) is 1. The van der Waals surface area contributed by atoms with Crippen LogP contribution in [0.25, 0.3) is 0 Å². The minimum atomic E-state index is -0.113. The molecule has 0 spiro atoms. The van der Waals surface area contributed by atoms with Crippen LogP contribution in [0.5, 0.6) is 0 Å². The Morgan fingerprint density at radius 1 is 1.38 bits per heavy atom. The molecule has 4 heteroatoms. The van der Waals surface area contributed by atoms with Gasteiger partial charge in [-0.25, -0.2) is 0 Å². The molecule has 0 amide bonds. The van der Waals surface area contributed by atoms with Crippen molar-refractivity contribution in [3.63, 3.8) is 0 Å². The Morgan fingerprint density at radius 3 is 2.77 bits per heavy atom. The molecule has 3 nitrogen and oxygen atoms in total. The molecular formula is C9H19NO2S. The van der Waals surface area contributed by atoms with Crippen molar-refractivity contribution < 1.29 is 9.53 Å². The molecule has 1 N–H and O–H groups in total. The maximum absolute atomic E-state index is 10.9. The predicted octanol–water partition coefficient (Wildman–Crippen LogP) is 1.28. The van der Waals surface area contributed by atoms with Gasteiger partial charge in [0.1, 0.15) is 0 Å². The minimum Gasteiger partial charge on any atom is -0.466 e. The maximum Gasteiger partial charge on any atom is 0.307 e. The lowest BCUT2D eigenvalue weighted by molar-refractivity contribution is -0.142. The lowest BCUT2D eigenvalue weighted by Crippen LogP contribution is -2.21. The Morgan fingerprint density at radius 2 is 2.15 bits per heavy atom. The third-order valence-corrected chi connectivity index (χ3v) is 2.34. The van der Waals surface area contributed by atoms with E-state index in [2.05, 4.69) is 12.2 Å². The number of carbonyl (C=O) groups excluding carboxylic acids is 1. The number of rotatable bonds is 8. The highest BCUT2D eigenvalue weighted by atomic mass is 32.2. The van der Waals surface area contributed by atoms with E-state index < -0.39 is 0 Å². The minimum absolute atomic E-state index is 0.113. The van der Waals surface area contributed by atoms with Gasteiger partial charge in [-0.3, -0.25) is 4.79 Å². The van der Waals surface area contributed by atoms with Gasteiger partial charge in [0.25, 0.3) is 0 Å².